The topological polar surface area (TPSA) is 86.9 Å². The average Bonchev–Trinajstić information content (AvgIpc) is 2.85. The Labute approximate surface area is 114 Å². The molecule has 20 heavy (non-hydrogen) atoms. The lowest BCUT2D eigenvalue weighted by molar-refractivity contribution is 0.439. The highest BCUT2D eigenvalue weighted by molar-refractivity contribution is 5.84. The van der Waals surface area contributed by atoms with Gasteiger partial charge in [0.2, 0.25) is 5.88 Å². The number of anilines is 1. The zero-order chi connectivity index (χ0) is 14.1. The summed E-state index contributed by atoms with van der Waals surface area (Å²) < 4.78 is 6.53. The molecule has 0 aromatic carbocycles. The molecule has 0 unspecified atom stereocenters. The summed E-state index contributed by atoms with van der Waals surface area (Å²) in [5.41, 5.74) is 8.11. The third-order valence-electron chi connectivity index (χ3n) is 3.02. The van der Waals surface area contributed by atoms with Gasteiger partial charge in [0, 0.05) is 31.1 Å². The summed E-state index contributed by atoms with van der Waals surface area (Å²) in [6.45, 7) is 0. The van der Waals surface area contributed by atoms with Crippen molar-refractivity contribution in [1.82, 2.24) is 14.7 Å². The molecule has 0 aliphatic rings. The van der Waals surface area contributed by atoms with E-state index < -0.39 is 0 Å². The molecule has 0 atom stereocenters. The van der Waals surface area contributed by atoms with E-state index >= 15 is 0 Å². The Bertz CT molecular complexity index is 806. The fourth-order valence-corrected chi connectivity index (χ4v) is 1.95. The van der Waals surface area contributed by atoms with Crippen LogP contribution in [0.2, 0.25) is 0 Å². The molecule has 0 aliphatic carbocycles. The number of hydrogen-bond donors (Lipinski definition) is 1. The van der Waals surface area contributed by atoms with Crippen LogP contribution >= 0.6 is 0 Å². The number of pyridine rings is 2. The Morgan fingerprint density at radius 1 is 1.30 bits per heavy atom. The van der Waals surface area contributed by atoms with Gasteiger partial charge in [0.25, 0.3) is 5.56 Å². The van der Waals surface area contributed by atoms with Crippen molar-refractivity contribution >= 4 is 5.88 Å². The van der Waals surface area contributed by atoms with Crippen molar-refractivity contribution in [3.63, 3.8) is 0 Å². The second-order valence-corrected chi connectivity index (χ2v) is 4.35. The van der Waals surface area contributed by atoms with Gasteiger partial charge in [-0.15, -0.1) is 0 Å². The van der Waals surface area contributed by atoms with Crippen LogP contribution in [-0.2, 0) is 7.05 Å². The standard InChI is InChI=1S/C14H12N4O2/c1-18-7-5-9(8-11(18)19)13-12(14(15)20-17-13)10-4-2-3-6-16-10/h2-8H,15H2,1H3. The number of aryl methyl sites for hydroxylation is 1. The second kappa shape index (κ2) is 4.65. The lowest BCUT2D eigenvalue weighted by Crippen LogP contribution is -2.14. The maximum Gasteiger partial charge on any atom is 0.250 e. The van der Waals surface area contributed by atoms with Crippen molar-refractivity contribution in [1.29, 1.82) is 0 Å². The first-order valence-corrected chi connectivity index (χ1v) is 6.00. The maximum atomic E-state index is 11.7. The van der Waals surface area contributed by atoms with Crippen molar-refractivity contribution < 1.29 is 4.52 Å². The van der Waals surface area contributed by atoms with Crippen LogP contribution in [0.5, 0.6) is 0 Å². The number of nitrogens with two attached hydrogens (primary N) is 1. The molecule has 0 saturated heterocycles. The molecule has 0 fully saturated rings. The quantitative estimate of drug-likeness (QED) is 0.764. The van der Waals surface area contributed by atoms with Crippen LogP contribution in [0.25, 0.3) is 22.5 Å². The molecule has 6 nitrogen and oxygen atoms in total. The van der Waals surface area contributed by atoms with Gasteiger partial charge in [-0.25, -0.2) is 0 Å². The molecule has 0 saturated carbocycles. The second-order valence-electron chi connectivity index (χ2n) is 4.35. The molecule has 3 heterocycles. The highest BCUT2D eigenvalue weighted by Crippen LogP contribution is 2.34. The van der Waals surface area contributed by atoms with E-state index in [1.54, 1.807) is 25.5 Å². The monoisotopic (exact) mass is 268 g/mol. The van der Waals surface area contributed by atoms with E-state index in [-0.39, 0.29) is 11.4 Å². The first kappa shape index (κ1) is 12.2. The van der Waals surface area contributed by atoms with E-state index in [1.165, 1.54) is 10.6 Å². The minimum atomic E-state index is -0.129. The zero-order valence-corrected chi connectivity index (χ0v) is 10.8. The van der Waals surface area contributed by atoms with Gasteiger partial charge in [-0.3, -0.25) is 9.78 Å². The molecule has 0 aliphatic heterocycles. The molecule has 0 bridgehead atoms. The first-order chi connectivity index (χ1) is 9.66. The van der Waals surface area contributed by atoms with Crippen LogP contribution < -0.4 is 11.3 Å². The SMILES string of the molecule is Cn1ccc(-c2noc(N)c2-c2ccccn2)cc1=O. The van der Waals surface area contributed by atoms with Gasteiger partial charge in [0.1, 0.15) is 5.69 Å². The Morgan fingerprint density at radius 3 is 2.85 bits per heavy atom. The smallest absolute Gasteiger partial charge is 0.250 e. The Balaban J connectivity index is 2.21. The lowest BCUT2D eigenvalue weighted by Gasteiger charge is -2.02. The number of aromatic nitrogens is 3. The molecular weight excluding hydrogens is 256 g/mol. The molecule has 6 heteroatoms. The summed E-state index contributed by atoms with van der Waals surface area (Å²) in [5.74, 6) is 0.180. The van der Waals surface area contributed by atoms with Gasteiger partial charge >= 0.3 is 0 Å². The van der Waals surface area contributed by atoms with Gasteiger partial charge < -0.3 is 14.8 Å². The summed E-state index contributed by atoms with van der Waals surface area (Å²) in [6, 6.07) is 8.75. The number of rotatable bonds is 2. The molecule has 0 amide bonds. The van der Waals surface area contributed by atoms with Crippen molar-refractivity contribution in [3.05, 3.63) is 53.1 Å². The highest BCUT2D eigenvalue weighted by Gasteiger charge is 2.18. The van der Waals surface area contributed by atoms with Crippen molar-refractivity contribution in [2.24, 2.45) is 7.05 Å². The molecule has 0 radical (unpaired) electrons. The number of nitrogen functional groups attached to an aromatic ring is 1. The largest absolute Gasteiger partial charge is 0.367 e. The number of hydrogen-bond acceptors (Lipinski definition) is 5. The van der Waals surface area contributed by atoms with Gasteiger partial charge in [0.05, 0.1) is 11.3 Å². The van der Waals surface area contributed by atoms with Crippen LogP contribution in [0.15, 0.2) is 52.0 Å². The molecule has 2 N–H and O–H groups in total. The summed E-state index contributed by atoms with van der Waals surface area (Å²) in [5, 5.41) is 3.94. The number of nitrogens with zero attached hydrogens (tertiary/aromatic N) is 3. The van der Waals surface area contributed by atoms with Crippen LogP contribution in [0.3, 0.4) is 0 Å². The zero-order valence-electron chi connectivity index (χ0n) is 10.8. The van der Waals surface area contributed by atoms with Crippen LogP contribution in [0, 0.1) is 0 Å². The Morgan fingerprint density at radius 2 is 2.15 bits per heavy atom. The van der Waals surface area contributed by atoms with Crippen LogP contribution in [0.1, 0.15) is 0 Å². The van der Waals surface area contributed by atoms with E-state index in [0.29, 0.717) is 22.5 Å². The Hall–Kier alpha value is -2.89. The van der Waals surface area contributed by atoms with Gasteiger partial charge in [-0.1, -0.05) is 11.2 Å². The molecule has 0 spiro atoms. The maximum absolute atomic E-state index is 11.7. The summed E-state index contributed by atoms with van der Waals surface area (Å²) in [4.78, 5) is 16.0. The molecular formula is C14H12N4O2. The van der Waals surface area contributed by atoms with Crippen molar-refractivity contribution in [2.75, 3.05) is 5.73 Å². The third-order valence-corrected chi connectivity index (χ3v) is 3.02. The normalized spacial score (nSPS) is 10.7. The fourth-order valence-electron chi connectivity index (χ4n) is 1.95. The Kier molecular flexibility index (Phi) is 2.83. The van der Waals surface area contributed by atoms with E-state index in [0.717, 1.165) is 0 Å². The highest BCUT2D eigenvalue weighted by atomic mass is 16.5. The molecule has 3 aromatic heterocycles. The lowest BCUT2D eigenvalue weighted by atomic mass is 10.1. The molecule has 3 aromatic rings. The summed E-state index contributed by atoms with van der Waals surface area (Å²) >= 11 is 0. The summed E-state index contributed by atoms with van der Waals surface area (Å²) in [6.07, 6.45) is 3.33. The predicted molar refractivity (Wildman–Crippen MR) is 74.8 cm³/mol. The minimum Gasteiger partial charge on any atom is -0.367 e. The van der Waals surface area contributed by atoms with E-state index in [9.17, 15) is 4.79 Å². The minimum absolute atomic E-state index is 0.129. The van der Waals surface area contributed by atoms with E-state index in [4.69, 9.17) is 10.3 Å². The van der Waals surface area contributed by atoms with Gasteiger partial charge in [-0.05, 0) is 18.2 Å². The molecule has 3 rings (SSSR count). The van der Waals surface area contributed by atoms with E-state index in [1.807, 2.05) is 18.2 Å². The van der Waals surface area contributed by atoms with Crippen molar-refractivity contribution in [3.8, 4) is 22.5 Å². The van der Waals surface area contributed by atoms with Gasteiger partial charge in [0.15, 0.2) is 0 Å². The van der Waals surface area contributed by atoms with Crippen LogP contribution in [-0.4, -0.2) is 14.7 Å². The molecule has 100 valence electrons. The third kappa shape index (κ3) is 1.97. The first-order valence-electron chi connectivity index (χ1n) is 6.00. The van der Waals surface area contributed by atoms with Gasteiger partial charge in [-0.2, -0.15) is 0 Å². The van der Waals surface area contributed by atoms with Crippen molar-refractivity contribution in [2.45, 2.75) is 0 Å². The van der Waals surface area contributed by atoms with E-state index in [2.05, 4.69) is 10.1 Å². The predicted octanol–water partition coefficient (Wildman–Crippen LogP) is 1.68. The average molecular weight is 268 g/mol. The van der Waals surface area contributed by atoms with Crippen LogP contribution in [0.4, 0.5) is 5.88 Å². The summed E-state index contributed by atoms with van der Waals surface area (Å²) in [7, 11) is 1.68. The fraction of sp³-hybridized carbons (Fsp3) is 0.0714.